The summed E-state index contributed by atoms with van der Waals surface area (Å²) in [5, 5.41) is 0. The topological polar surface area (TPSA) is 59.0 Å². The summed E-state index contributed by atoms with van der Waals surface area (Å²) in [4.78, 5) is 30.4. The van der Waals surface area contributed by atoms with Crippen molar-refractivity contribution in [3.05, 3.63) is 41.1 Å². The molecule has 0 unspecified atom stereocenters. The Labute approximate surface area is 134 Å². The largest absolute Gasteiger partial charge is 0.497 e. The average Bonchev–Trinajstić information content (AvgIpc) is 3.11. The lowest BCUT2D eigenvalue weighted by molar-refractivity contribution is -0.115. The van der Waals surface area contributed by atoms with Crippen molar-refractivity contribution in [3.8, 4) is 5.75 Å². The fraction of sp³-hybridized carbons (Fsp3) is 0.389. The molecule has 1 saturated heterocycles. The number of hydrogen-bond acceptors (Lipinski definition) is 4. The minimum Gasteiger partial charge on any atom is -0.497 e. The number of aliphatic imine (C=N–C) groups is 1. The smallest absolute Gasteiger partial charge is 0.293 e. The van der Waals surface area contributed by atoms with E-state index in [1.165, 1.54) is 0 Å². The van der Waals surface area contributed by atoms with Crippen LogP contribution >= 0.6 is 0 Å². The van der Waals surface area contributed by atoms with Crippen LogP contribution < -0.4 is 4.74 Å². The summed E-state index contributed by atoms with van der Waals surface area (Å²) in [5.41, 5.74) is 2.26. The predicted octanol–water partition coefficient (Wildman–Crippen LogP) is 2.01. The van der Waals surface area contributed by atoms with Crippen LogP contribution in [0.5, 0.6) is 5.75 Å². The molecular formula is C18H18N2O3. The molecule has 0 N–H and O–H groups in total. The molecule has 2 aliphatic heterocycles. The molecular weight excluding hydrogens is 292 g/mol. The van der Waals surface area contributed by atoms with Crippen LogP contribution in [0.1, 0.15) is 28.8 Å². The first-order valence-corrected chi connectivity index (χ1v) is 7.88. The van der Waals surface area contributed by atoms with Gasteiger partial charge in [-0.2, -0.15) is 0 Å². The van der Waals surface area contributed by atoms with Gasteiger partial charge < -0.3 is 9.64 Å². The van der Waals surface area contributed by atoms with E-state index in [1.54, 1.807) is 19.4 Å². The number of carbonyl (C=O) groups is 2. The van der Waals surface area contributed by atoms with Gasteiger partial charge in [0.1, 0.15) is 11.4 Å². The molecule has 0 saturated carbocycles. The maximum atomic E-state index is 12.9. The van der Waals surface area contributed by atoms with E-state index in [2.05, 4.69) is 9.89 Å². The number of fused-ring (bicyclic) bond motifs is 1. The van der Waals surface area contributed by atoms with E-state index in [1.807, 2.05) is 18.2 Å². The van der Waals surface area contributed by atoms with Gasteiger partial charge in [0.2, 0.25) is 0 Å². The van der Waals surface area contributed by atoms with Crippen molar-refractivity contribution in [3.63, 3.8) is 0 Å². The normalized spacial score (nSPS) is 21.8. The van der Waals surface area contributed by atoms with Crippen LogP contribution in [0.2, 0.25) is 0 Å². The van der Waals surface area contributed by atoms with Crippen LogP contribution in [-0.2, 0) is 11.2 Å². The number of methoxy groups -OCH3 is 1. The number of piperidine rings is 1. The van der Waals surface area contributed by atoms with Gasteiger partial charge in [-0.05, 0) is 49.1 Å². The molecule has 1 aromatic rings. The monoisotopic (exact) mass is 310 g/mol. The molecule has 5 heteroatoms. The van der Waals surface area contributed by atoms with Crippen LogP contribution in [0.25, 0.3) is 0 Å². The Morgan fingerprint density at radius 1 is 1.22 bits per heavy atom. The second kappa shape index (κ2) is 5.05. The van der Waals surface area contributed by atoms with E-state index in [0.717, 1.165) is 49.2 Å². The highest BCUT2D eigenvalue weighted by Gasteiger charge is 2.47. The Kier molecular flexibility index (Phi) is 3.11. The minimum atomic E-state index is -0.311. The van der Waals surface area contributed by atoms with E-state index < -0.39 is 0 Å². The number of hydrogen-bond donors (Lipinski definition) is 0. The summed E-state index contributed by atoms with van der Waals surface area (Å²) in [7, 11) is 1.64. The third-order valence-electron chi connectivity index (χ3n) is 5.27. The molecule has 0 radical (unpaired) electrons. The SMILES string of the molecule is COc1ccc2c(c1)CC1(CCN(C3=CC=NC3=O)CC1)C2=O. The lowest BCUT2D eigenvalue weighted by Crippen LogP contribution is -2.43. The number of amides is 1. The first kappa shape index (κ1) is 14.2. The second-order valence-electron chi connectivity index (χ2n) is 6.43. The van der Waals surface area contributed by atoms with Crippen molar-refractivity contribution in [1.82, 2.24) is 4.90 Å². The highest BCUT2D eigenvalue weighted by molar-refractivity contribution is 6.07. The maximum absolute atomic E-state index is 12.9. The molecule has 1 amide bonds. The summed E-state index contributed by atoms with van der Waals surface area (Å²) >= 11 is 0. The van der Waals surface area contributed by atoms with E-state index in [-0.39, 0.29) is 17.1 Å². The molecule has 23 heavy (non-hydrogen) atoms. The zero-order valence-corrected chi connectivity index (χ0v) is 13.0. The van der Waals surface area contributed by atoms with Gasteiger partial charge in [-0.3, -0.25) is 9.59 Å². The van der Waals surface area contributed by atoms with E-state index in [4.69, 9.17) is 4.74 Å². The zero-order valence-electron chi connectivity index (χ0n) is 13.0. The quantitative estimate of drug-likeness (QED) is 0.838. The third kappa shape index (κ3) is 2.11. The van der Waals surface area contributed by atoms with Crippen LogP contribution in [0.15, 0.2) is 35.0 Å². The minimum absolute atomic E-state index is 0.174. The summed E-state index contributed by atoms with van der Waals surface area (Å²) in [6, 6.07) is 5.71. The Hall–Kier alpha value is -2.43. The number of benzene rings is 1. The van der Waals surface area contributed by atoms with Gasteiger partial charge in [0.25, 0.3) is 5.91 Å². The number of ether oxygens (including phenoxy) is 1. The Morgan fingerprint density at radius 3 is 2.65 bits per heavy atom. The molecule has 1 aliphatic carbocycles. The van der Waals surface area contributed by atoms with Gasteiger partial charge in [-0.1, -0.05) is 0 Å². The molecule has 118 valence electrons. The first-order chi connectivity index (χ1) is 11.1. The lowest BCUT2D eigenvalue weighted by Gasteiger charge is -2.39. The summed E-state index contributed by atoms with van der Waals surface area (Å²) in [6.45, 7) is 1.44. The van der Waals surface area contributed by atoms with Crippen molar-refractivity contribution in [1.29, 1.82) is 0 Å². The number of Topliss-reactive ketones (excluding diaryl/α,β-unsaturated/α-hetero) is 1. The fourth-order valence-corrected chi connectivity index (χ4v) is 3.93. The first-order valence-electron chi connectivity index (χ1n) is 7.88. The molecule has 1 spiro atoms. The van der Waals surface area contributed by atoms with Gasteiger partial charge in [0.05, 0.1) is 7.11 Å². The average molecular weight is 310 g/mol. The van der Waals surface area contributed by atoms with Gasteiger partial charge in [-0.25, -0.2) is 4.99 Å². The van der Waals surface area contributed by atoms with Gasteiger partial charge in [0, 0.05) is 30.3 Å². The Morgan fingerprint density at radius 2 is 2.00 bits per heavy atom. The molecule has 0 bridgehead atoms. The molecule has 4 rings (SSSR count). The molecule has 2 heterocycles. The number of carbonyl (C=O) groups excluding carboxylic acids is 2. The molecule has 5 nitrogen and oxygen atoms in total. The highest BCUT2D eigenvalue weighted by Crippen LogP contribution is 2.45. The highest BCUT2D eigenvalue weighted by atomic mass is 16.5. The number of allylic oxidation sites excluding steroid dienone is 1. The molecule has 1 fully saturated rings. The number of rotatable bonds is 2. The molecule has 3 aliphatic rings. The van der Waals surface area contributed by atoms with Crippen LogP contribution in [-0.4, -0.2) is 43.0 Å². The van der Waals surface area contributed by atoms with Crippen molar-refractivity contribution >= 4 is 17.9 Å². The van der Waals surface area contributed by atoms with Crippen molar-refractivity contribution in [2.75, 3.05) is 20.2 Å². The standard InChI is InChI=1S/C18H18N2O3/c1-23-13-2-3-14-12(10-13)11-18(16(14)21)5-8-20(9-6-18)15-4-7-19-17(15)22/h2-4,7,10H,5-6,8-9,11H2,1H3. The predicted molar refractivity (Wildman–Crippen MR) is 85.9 cm³/mol. The van der Waals surface area contributed by atoms with Gasteiger partial charge >= 0.3 is 0 Å². The van der Waals surface area contributed by atoms with Gasteiger partial charge in [0.15, 0.2) is 5.78 Å². The van der Waals surface area contributed by atoms with Crippen LogP contribution in [0.3, 0.4) is 0 Å². The molecule has 0 aromatic heterocycles. The van der Waals surface area contributed by atoms with E-state index >= 15 is 0 Å². The van der Waals surface area contributed by atoms with Crippen molar-refractivity contribution < 1.29 is 14.3 Å². The van der Waals surface area contributed by atoms with E-state index in [0.29, 0.717) is 5.70 Å². The molecule has 0 atom stereocenters. The van der Waals surface area contributed by atoms with Crippen molar-refractivity contribution in [2.45, 2.75) is 19.3 Å². The maximum Gasteiger partial charge on any atom is 0.293 e. The second-order valence-corrected chi connectivity index (χ2v) is 6.43. The van der Waals surface area contributed by atoms with Crippen molar-refractivity contribution in [2.24, 2.45) is 10.4 Å². The van der Waals surface area contributed by atoms with E-state index in [9.17, 15) is 9.59 Å². The zero-order chi connectivity index (χ0) is 16.0. The Bertz CT molecular complexity index is 756. The number of ketones is 1. The summed E-state index contributed by atoms with van der Waals surface area (Å²) in [5.74, 6) is 0.870. The Balaban J connectivity index is 1.54. The summed E-state index contributed by atoms with van der Waals surface area (Å²) in [6.07, 6.45) is 5.62. The van der Waals surface area contributed by atoms with Gasteiger partial charge in [-0.15, -0.1) is 0 Å². The molecule has 1 aromatic carbocycles. The third-order valence-corrected chi connectivity index (χ3v) is 5.27. The van der Waals surface area contributed by atoms with Crippen LogP contribution in [0.4, 0.5) is 0 Å². The number of likely N-dealkylation sites (tertiary alicyclic amines) is 1. The summed E-state index contributed by atoms with van der Waals surface area (Å²) < 4.78 is 5.27. The lowest BCUT2D eigenvalue weighted by atomic mass is 9.75. The van der Waals surface area contributed by atoms with Crippen LogP contribution in [0, 0.1) is 5.41 Å². The number of nitrogens with zero attached hydrogens (tertiary/aromatic N) is 2. The fourth-order valence-electron chi connectivity index (χ4n) is 3.93.